The van der Waals surface area contributed by atoms with Gasteiger partial charge in [-0.25, -0.2) is 0 Å². The van der Waals surface area contributed by atoms with E-state index in [-0.39, 0.29) is 5.92 Å². The Bertz CT molecular complexity index is 524. The van der Waals surface area contributed by atoms with Crippen LogP contribution in [0.4, 0.5) is 0 Å². The first-order chi connectivity index (χ1) is 9.81. The Morgan fingerprint density at radius 1 is 1.25 bits per heavy atom. The number of carbonyl (C=O) groups excluding carboxylic acids is 1. The van der Waals surface area contributed by atoms with Gasteiger partial charge in [0.2, 0.25) is 0 Å². The molecular formula is C18H23NO. The van der Waals surface area contributed by atoms with Crippen molar-refractivity contribution in [2.75, 3.05) is 0 Å². The van der Waals surface area contributed by atoms with E-state index in [2.05, 4.69) is 11.1 Å². The number of pyridine rings is 1. The van der Waals surface area contributed by atoms with Crippen LogP contribution in [0, 0.1) is 17.8 Å². The SMILES string of the molecule is O=C(CC1CC2CCC1C2)C1CCCc2cccnc21. The lowest BCUT2D eigenvalue weighted by molar-refractivity contribution is -0.122. The normalized spacial score (nSPS) is 35.0. The fourth-order valence-corrected chi connectivity index (χ4v) is 4.95. The van der Waals surface area contributed by atoms with Crippen molar-refractivity contribution in [2.24, 2.45) is 17.8 Å². The average Bonchev–Trinajstić information content (AvgIpc) is 3.09. The number of hydrogen-bond donors (Lipinski definition) is 0. The van der Waals surface area contributed by atoms with Gasteiger partial charge in [-0.1, -0.05) is 12.5 Å². The largest absolute Gasteiger partial charge is 0.299 e. The van der Waals surface area contributed by atoms with Crippen LogP contribution in [0.1, 0.15) is 62.1 Å². The van der Waals surface area contributed by atoms with E-state index in [0.717, 1.165) is 43.2 Å². The van der Waals surface area contributed by atoms with Crippen molar-refractivity contribution in [3.8, 4) is 0 Å². The maximum atomic E-state index is 12.8. The monoisotopic (exact) mass is 269 g/mol. The molecule has 0 saturated heterocycles. The third-order valence-electron chi connectivity index (χ3n) is 5.93. The highest BCUT2D eigenvalue weighted by Gasteiger charge is 2.41. The summed E-state index contributed by atoms with van der Waals surface area (Å²) in [6.45, 7) is 0. The van der Waals surface area contributed by atoms with Crippen LogP contribution in [0.3, 0.4) is 0 Å². The van der Waals surface area contributed by atoms with Crippen molar-refractivity contribution < 1.29 is 4.79 Å². The van der Waals surface area contributed by atoms with Crippen molar-refractivity contribution in [1.82, 2.24) is 4.98 Å². The van der Waals surface area contributed by atoms with Crippen LogP contribution < -0.4 is 0 Å². The smallest absolute Gasteiger partial charge is 0.142 e. The van der Waals surface area contributed by atoms with Crippen LogP contribution in [0.15, 0.2) is 18.3 Å². The molecule has 0 N–H and O–H groups in total. The minimum absolute atomic E-state index is 0.0964. The lowest BCUT2D eigenvalue weighted by Crippen LogP contribution is -2.24. The second-order valence-electron chi connectivity index (χ2n) is 7.10. The summed E-state index contributed by atoms with van der Waals surface area (Å²) in [5.41, 5.74) is 2.40. The molecule has 2 heteroatoms. The second kappa shape index (κ2) is 4.98. The molecule has 2 fully saturated rings. The summed E-state index contributed by atoms with van der Waals surface area (Å²) in [4.78, 5) is 17.3. The fraction of sp³-hybridized carbons (Fsp3) is 0.667. The summed E-state index contributed by atoms with van der Waals surface area (Å²) in [7, 11) is 0. The van der Waals surface area contributed by atoms with Gasteiger partial charge in [-0.05, 0) is 67.9 Å². The number of nitrogens with zero attached hydrogens (tertiary/aromatic N) is 1. The standard InChI is InChI=1S/C18H23NO/c20-17(11-15-10-12-6-7-14(15)9-12)16-5-1-3-13-4-2-8-19-18(13)16/h2,4,8,12,14-16H,1,3,5-7,9-11H2. The summed E-state index contributed by atoms with van der Waals surface area (Å²) in [6, 6.07) is 4.15. The lowest BCUT2D eigenvalue weighted by atomic mass is 9.78. The summed E-state index contributed by atoms with van der Waals surface area (Å²) in [5, 5.41) is 0. The molecule has 0 radical (unpaired) electrons. The number of aromatic nitrogens is 1. The Morgan fingerprint density at radius 2 is 2.20 bits per heavy atom. The van der Waals surface area contributed by atoms with Gasteiger partial charge < -0.3 is 0 Å². The molecule has 0 aromatic carbocycles. The zero-order valence-corrected chi connectivity index (χ0v) is 12.1. The summed E-state index contributed by atoms with van der Waals surface area (Å²) in [6.07, 6.45) is 11.4. The van der Waals surface area contributed by atoms with Crippen molar-refractivity contribution in [2.45, 2.75) is 57.3 Å². The van der Waals surface area contributed by atoms with E-state index in [1.54, 1.807) is 0 Å². The molecule has 2 nitrogen and oxygen atoms in total. The molecule has 1 aromatic rings. The Morgan fingerprint density at radius 3 is 3.00 bits per heavy atom. The predicted molar refractivity (Wildman–Crippen MR) is 78.5 cm³/mol. The molecule has 2 saturated carbocycles. The molecule has 1 aromatic heterocycles. The van der Waals surface area contributed by atoms with Crippen LogP contribution in [-0.2, 0) is 11.2 Å². The molecule has 106 valence electrons. The fourth-order valence-electron chi connectivity index (χ4n) is 4.95. The molecule has 0 spiro atoms. The van der Waals surface area contributed by atoms with E-state index in [1.807, 2.05) is 12.3 Å². The Hall–Kier alpha value is -1.18. The molecule has 1 heterocycles. The molecule has 0 amide bonds. The Kier molecular flexibility index (Phi) is 3.13. The zero-order valence-electron chi connectivity index (χ0n) is 12.1. The summed E-state index contributed by atoms with van der Waals surface area (Å²) < 4.78 is 0. The van der Waals surface area contributed by atoms with Crippen LogP contribution in [0.25, 0.3) is 0 Å². The summed E-state index contributed by atoms with van der Waals surface area (Å²) in [5.74, 6) is 3.06. The van der Waals surface area contributed by atoms with Crippen LogP contribution >= 0.6 is 0 Å². The number of Topliss-reactive ketones (excluding diaryl/α,β-unsaturated/α-hetero) is 1. The van der Waals surface area contributed by atoms with Crippen molar-refractivity contribution in [3.05, 3.63) is 29.6 Å². The van der Waals surface area contributed by atoms with Gasteiger partial charge in [-0.2, -0.15) is 0 Å². The van der Waals surface area contributed by atoms with Crippen molar-refractivity contribution in [3.63, 3.8) is 0 Å². The van der Waals surface area contributed by atoms with Gasteiger partial charge in [0.05, 0.1) is 11.6 Å². The highest BCUT2D eigenvalue weighted by Crippen LogP contribution is 2.50. The first kappa shape index (κ1) is 12.6. The van der Waals surface area contributed by atoms with E-state index in [4.69, 9.17) is 0 Å². The first-order valence-electron chi connectivity index (χ1n) is 8.28. The van der Waals surface area contributed by atoms with E-state index < -0.39 is 0 Å². The Labute approximate surface area is 121 Å². The van der Waals surface area contributed by atoms with E-state index >= 15 is 0 Å². The van der Waals surface area contributed by atoms with Crippen LogP contribution in [0.2, 0.25) is 0 Å². The first-order valence-corrected chi connectivity index (χ1v) is 8.28. The third-order valence-corrected chi connectivity index (χ3v) is 5.93. The molecule has 0 aliphatic heterocycles. The van der Waals surface area contributed by atoms with Crippen LogP contribution in [0.5, 0.6) is 0 Å². The highest BCUT2D eigenvalue weighted by molar-refractivity contribution is 5.86. The third kappa shape index (κ3) is 2.10. The predicted octanol–water partition coefficient (Wildman–Crippen LogP) is 3.90. The van der Waals surface area contributed by atoms with Crippen LogP contribution in [-0.4, -0.2) is 10.8 Å². The van der Waals surface area contributed by atoms with Gasteiger partial charge in [-0.15, -0.1) is 0 Å². The van der Waals surface area contributed by atoms with Gasteiger partial charge in [-0.3, -0.25) is 9.78 Å². The topological polar surface area (TPSA) is 30.0 Å². The number of hydrogen-bond acceptors (Lipinski definition) is 2. The number of rotatable bonds is 3. The molecule has 3 aliphatic carbocycles. The van der Waals surface area contributed by atoms with Gasteiger partial charge in [0, 0.05) is 12.6 Å². The number of aryl methyl sites for hydroxylation is 1. The lowest BCUT2D eigenvalue weighted by Gasteiger charge is -2.26. The Balaban J connectivity index is 1.49. The zero-order chi connectivity index (χ0) is 13.5. The molecular weight excluding hydrogens is 246 g/mol. The van der Waals surface area contributed by atoms with Gasteiger partial charge in [0.25, 0.3) is 0 Å². The van der Waals surface area contributed by atoms with Crippen molar-refractivity contribution in [1.29, 1.82) is 0 Å². The highest BCUT2D eigenvalue weighted by atomic mass is 16.1. The van der Waals surface area contributed by atoms with E-state index in [1.165, 1.54) is 31.2 Å². The van der Waals surface area contributed by atoms with Gasteiger partial charge in [0.1, 0.15) is 5.78 Å². The molecule has 2 bridgehead atoms. The molecule has 4 unspecified atom stereocenters. The minimum Gasteiger partial charge on any atom is -0.299 e. The van der Waals surface area contributed by atoms with Gasteiger partial charge in [0.15, 0.2) is 0 Å². The van der Waals surface area contributed by atoms with Crippen molar-refractivity contribution >= 4 is 5.78 Å². The van der Waals surface area contributed by atoms with E-state index in [0.29, 0.717) is 11.7 Å². The quantitative estimate of drug-likeness (QED) is 0.833. The van der Waals surface area contributed by atoms with Gasteiger partial charge >= 0.3 is 0 Å². The maximum Gasteiger partial charge on any atom is 0.142 e. The summed E-state index contributed by atoms with van der Waals surface area (Å²) >= 11 is 0. The molecule has 3 aliphatic rings. The van der Waals surface area contributed by atoms with E-state index in [9.17, 15) is 4.79 Å². The molecule has 4 rings (SSSR count). The number of carbonyl (C=O) groups is 1. The number of ketones is 1. The second-order valence-corrected chi connectivity index (χ2v) is 7.10. The minimum atomic E-state index is 0.0964. The maximum absolute atomic E-state index is 12.8. The average molecular weight is 269 g/mol. The number of fused-ring (bicyclic) bond motifs is 3. The molecule has 4 atom stereocenters. The molecule has 20 heavy (non-hydrogen) atoms.